The summed E-state index contributed by atoms with van der Waals surface area (Å²) in [5.74, 6) is 0.240. The van der Waals surface area contributed by atoms with Gasteiger partial charge in [-0.2, -0.15) is 0 Å². The van der Waals surface area contributed by atoms with E-state index in [1.54, 1.807) is 0 Å². The maximum absolute atomic E-state index is 12.0. The third-order valence-corrected chi connectivity index (χ3v) is 4.55. The molecule has 0 fully saturated rings. The first kappa shape index (κ1) is 15.5. The van der Waals surface area contributed by atoms with E-state index >= 15 is 0 Å². The van der Waals surface area contributed by atoms with Crippen molar-refractivity contribution in [2.75, 3.05) is 6.54 Å². The van der Waals surface area contributed by atoms with Crippen LogP contribution in [0, 0.1) is 0 Å². The van der Waals surface area contributed by atoms with E-state index in [1.165, 1.54) is 12.1 Å². The molecule has 1 N–H and O–H groups in total. The molecule has 5 nitrogen and oxygen atoms in total. The van der Waals surface area contributed by atoms with Crippen LogP contribution < -0.4 is 4.72 Å². The lowest BCUT2D eigenvalue weighted by molar-refractivity contribution is 0.109. The summed E-state index contributed by atoms with van der Waals surface area (Å²) in [5, 5.41) is -0.239. The summed E-state index contributed by atoms with van der Waals surface area (Å²) in [6, 6.07) is 12.5. The number of carbonyl (C=O) groups is 1. The third kappa shape index (κ3) is 4.03. The van der Waals surface area contributed by atoms with Gasteiger partial charge in [0.05, 0.1) is 0 Å². The van der Waals surface area contributed by atoms with Gasteiger partial charge in [0.25, 0.3) is 10.0 Å². The van der Waals surface area contributed by atoms with Gasteiger partial charge in [-0.15, -0.1) is 0 Å². The molecule has 0 saturated carbocycles. The monoisotopic (exact) mass is 307 g/mol. The molecule has 0 aliphatic rings. The van der Waals surface area contributed by atoms with Crippen molar-refractivity contribution in [1.29, 1.82) is 0 Å². The van der Waals surface area contributed by atoms with E-state index in [1.807, 2.05) is 37.3 Å². The van der Waals surface area contributed by atoms with Crippen LogP contribution in [0.25, 0.3) is 0 Å². The first-order chi connectivity index (χ1) is 10.0. The van der Waals surface area contributed by atoms with Gasteiger partial charge < -0.3 is 4.42 Å². The molecule has 0 saturated heterocycles. The Morgan fingerprint density at radius 2 is 1.90 bits per heavy atom. The molecule has 21 heavy (non-hydrogen) atoms. The van der Waals surface area contributed by atoms with Gasteiger partial charge in [-0.25, -0.2) is 13.1 Å². The largest absolute Gasteiger partial charge is 0.440 e. The lowest BCUT2D eigenvalue weighted by Crippen LogP contribution is -2.25. The van der Waals surface area contributed by atoms with Crippen LogP contribution in [-0.4, -0.2) is 21.2 Å². The number of sulfonamides is 1. The van der Waals surface area contributed by atoms with E-state index in [0.717, 1.165) is 5.56 Å². The highest BCUT2D eigenvalue weighted by Crippen LogP contribution is 2.18. The van der Waals surface area contributed by atoms with Crippen LogP contribution in [0.3, 0.4) is 0 Å². The molecule has 0 spiro atoms. The Hall–Kier alpha value is -1.92. The molecular weight excluding hydrogens is 290 g/mol. The zero-order chi connectivity index (χ0) is 15.3. The minimum atomic E-state index is -3.70. The lowest BCUT2D eigenvalue weighted by atomic mass is 9.98. The Balaban J connectivity index is 1.92. The van der Waals surface area contributed by atoms with E-state index in [2.05, 4.69) is 4.72 Å². The van der Waals surface area contributed by atoms with Gasteiger partial charge in [0.15, 0.2) is 12.0 Å². The highest BCUT2D eigenvalue weighted by Gasteiger charge is 2.18. The van der Waals surface area contributed by atoms with E-state index in [0.29, 0.717) is 19.3 Å². The molecule has 1 heterocycles. The maximum atomic E-state index is 12.0. The standard InChI is InChI=1S/C15H17NO4S/c1-12(13-5-3-2-4-6-13)9-10-16-21(18,19)15-8-7-14(11-17)20-15/h2-8,11-12,16H,9-10H2,1H3. The highest BCUT2D eigenvalue weighted by atomic mass is 32.2. The summed E-state index contributed by atoms with van der Waals surface area (Å²) in [5.41, 5.74) is 1.16. The Labute approximate surface area is 124 Å². The molecule has 1 atom stereocenters. The molecule has 0 aliphatic carbocycles. The second kappa shape index (κ2) is 6.69. The molecule has 0 bridgehead atoms. The molecular formula is C15H17NO4S. The minimum absolute atomic E-state index is 0.00645. The predicted molar refractivity (Wildman–Crippen MR) is 78.8 cm³/mol. The smallest absolute Gasteiger partial charge is 0.273 e. The predicted octanol–water partition coefficient (Wildman–Crippen LogP) is 2.56. The van der Waals surface area contributed by atoms with Gasteiger partial charge in [-0.3, -0.25) is 4.79 Å². The average molecular weight is 307 g/mol. The third-order valence-electron chi connectivity index (χ3n) is 3.22. The summed E-state index contributed by atoms with van der Waals surface area (Å²) < 4.78 is 31.3. The van der Waals surface area contributed by atoms with Gasteiger partial charge in [-0.1, -0.05) is 37.3 Å². The molecule has 0 aliphatic heterocycles. The van der Waals surface area contributed by atoms with Crippen molar-refractivity contribution < 1.29 is 17.6 Å². The fourth-order valence-corrected chi connectivity index (χ4v) is 2.95. The van der Waals surface area contributed by atoms with Crippen LogP contribution in [-0.2, 0) is 10.0 Å². The second-order valence-electron chi connectivity index (χ2n) is 4.77. The molecule has 1 aromatic carbocycles. The van der Waals surface area contributed by atoms with Gasteiger partial charge in [-0.05, 0) is 30.0 Å². The van der Waals surface area contributed by atoms with Crippen LogP contribution >= 0.6 is 0 Å². The lowest BCUT2D eigenvalue weighted by Gasteiger charge is -2.12. The van der Waals surface area contributed by atoms with Crippen molar-refractivity contribution in [2.45, 2.75) is 24.4 Å². The van der Waals surface area contributed by atoms with E-state index in [-0.39, 0.29) is 16.8 Å². The summed E-state index contributed by atoms with van der Waals surface area (Å²) in [4.78, 5) is 10.5. The summed E-state index contributed by atoms with van der Waals surface area (Å²) in [6.45, 7) is 2.34. The van der Waals surface area contributed by atoms with Crippen LogP contribution in [0.1, 0.15) is 35.4 Å². The SMILES string of the molecule is CC(CCNS(=O)(=O)c1ccc(C=O)o1)c1ccccc1. The normalized spacial score (nSPS) is 13.0. The molecule has 112 valence electrons. The van der Waals surface area contributed by atoms with Crippen molar-refractivity contribution in [3.05, 3.63) is 53.8 Å². The highest BCUT2D eigenvalue weighted by molar-refractivity contribution is 7.89. The van der Waals surface area contributed by atoms with Gasteiger partial charge in [0, 0.05) is 6.54 Å². The van der Waals surface area contributed by atoms with Crippen LogP contribution in [0.15, 0.2) is 52.0 Å². The molecule has 1 unspecified atom stereocenters. The second-order valence-corrected chi connectivity index (χ2v) is 6.47. The van der Waals surface area contributed by atoms with Crippen LogP contribution in [0.5, 0.6) is 0 Å². The van der Waals surface area contributed by atoms with E-state index < -0.39 is 10.0 Å². The van der Waals surface area contributed by atoms with Gasteiger partial charge in [0.2, 0.25) is 5.09 Å². The fourth-order valence-electron chi connectivity index (χ4n) is 1.97. The number of benzene rings is 1. The summed E-state index contributed by atoms with van der Waals surface area (Å²) in [6.07, 6.45) is 1.14. The quantitative estimate of drug-likeness (QED) is 0.798. The summed E-state index contributed by atoms with van der Waals surface area (Å²) in [7, 11) is -3.70. The number of furan rings is 1. The van der Waals surface area contributed by atoms with Crippen LogP contribution in [0.4, 0.5) is 0 Å². The van der Waals surface area contributed by atoms with E-state index in [4.69, 9.17) is 4.42 Å². The Kier molecular flexibility index (Phi) is 4.93. The summed E-state index contributed by atoms with van der Waals surface area (Å²) >= 11 is 0. The van der Waals surface area contributed by atoms with Crippen molar-refractivity contribution in [2.24, 2.45) is 0 Å². The van der Waals surface area contributed by atoms with Crippen molar-refractivity contribution in [3.8, 4) is 0 Å². The Bertz CT molecular complexity index is 691. The molecule has 1 aromatic heterocycles. The maximum Gasteiger partial charge on any atom is 0.273 e. The fraction of sp³-hybridized carbons (Fsp3) is 0.267. The van der Waals surface area contributed by atoms with Gasteiger partial charge in [0.1, 0.15) is 0 Å². The minimum Gasteiger partial charge on any atom is -0.440 e. The molecule has 0 radical (unpaired) electrons. The zero-order valence-corrected chi connectivity index (χ0v) is 12.5. The van der Waals surface area contributed by atoms with Crippen molar-refractivity contribution in [3.63, 3.8) is 0 Å². The van der Waals surface area contributed by atoms with E-state index in [9.17, 15) is 13.2 Å². The molecule has 2 aromatic rings. The molecule has 0 amide bonds. The number of rotatable bonds is 7. The number of carbonyl (C=O) groups excluding carboxylic acids is 1. The number of hydrogen-bond donors (Lipinski definition) is 1. The number of nitrogens with one attached hydrogen (secondary N) is 1. The Morgan fingerprint density at radius 3 is 2.52 bits per heavy atom. The number of hydrogen-bond acceptors (Lipinski definition) is 4. The first-order valence-electron chi connectivity index (χ1n) is 6.62. The van der Waals surface area contributed by atoms with Gasteiger partial charge >= 0.3 is 0 Å². The first-order valence-corrected chi connectivity index (χ1v) is 8.11. The van der Waals surface area contributed by atoms with Crippen molar-refractivity contribution in [1.82, 2.24) is 4.72 Å². The topological polar surface area (TPSA) is 76.4 Å². The number of aldehydes is 1. The average Bonchev–Trinajstić information content (AvgIpc) is 2.98. The Morgan fingerprint density at radius 1 is 1.19 bits per heavy atom. The zero-order valence-electron chi connectivity index (χ0n) is 11.7. The molecule has 2 rings (SSSR count). The molecule has 6 heteroatoms. The van der Waals surface area contributed by atoms with Crippen molar-refractivity contribution >= 4 is 16.3 Å². The van der Waals surface area contributed by atoms with Crippen LogP contribution in [0.2, 0.25) is 0 Å².